The highest BCUT2D eigenvalue weighted by Crippen LogP contribution is 2.28. The molecule has 2 heterocycles. The molecule has 3 rings (SSSR count). The minimum absolute atomic E-state index is 0.373. The van der Waals surface area contributed by atoms with Crippen LogP contribution >= 0.6 is 11.8 Å². The maximum absolute atomic E-state index is 12.6. The summed E-state index contributed by atoms with van der Waals surface area (Å²) in [6.45, 7) is 6.37. The zero-order chi connectivity index (χ0) is 16.4. The van der Waals surface area contributed by atoms with Crippen molar-refractivity contribution in [2.45, 2.75) is 41.8 Å². The van der Waals surface area contributed by atoms with Crippen LogP contribution in [0.4, 0.5) is 0 Å². The molecule has 1 atom stereocenters. The second-order valence-corrected chi connectivity index (χ2v) is 8.58. The minimum atomic E-state index is -1.24. The van der Waals surface area contributed by atoms with Crippen LogP contribution in [0.2, 0.25) is 0 Å². The Labute approximate surface area is 143 Å². The van der Waals surface area contributed by atoms with Crippen LogP contribution in [0.1, 0.15) is 25.1 Å². The van der Waals surface area contributed by atoms with Crippen molar-refractivity contribution in [2.24, 2.45) is 0 Å². The summed E-state index contributed by atoms with van der Waals surface area (Å²) < 4.78 is 12.6. The fraction of sp³-hybridized carbons (Fsp3) is 0.294. The third-order valence-corrected chi connectivity index (χ3v) is 5.80. The molecule has 3 aromatic rings. The van der Waals surface area contributed by atoms with Crippen LogP contribution in [0, 0.1) is 6.92 Å². The normalized spacial score (nSPS) is 12.9. The summed E-state index contributed by atoms with van der Waals surface area (Å²) in [5.74, 6) is 0.373. The van der Waals surface area contributed by atoms with E-state index in [1.54, 1.807) is 18.0 Å². The zero-order valence-corrected chi connectivity index (χ0v) is 15.0. The van der Waals surface area contributed by atoms with Gasteiger partial charge in [0.1, 0.15) is 0 Å². The van der Waals surface area contributed by atoms with Gasteiger partial charge in [0.05, 0.1) is 16.7 Å². The topological polar surface area (TPSA) is 64.6 Å². The molecule has 1 N–H and O–H groups in total. The van der Waals surface area contributed by atoms with Crippen molar-refractivity contribution in [3.05, 3.63) is 47.8 Å². The molecule has 0 saturated heterocycles. The third kappa shape index (κ3) is 3.71. The number of rotatable bonds is 5. The largest absolute Gasteiger partial charge is 0.609 e. The molecular formula is C17H19N3OS2. The molecule has 0 fully saturated rings. The lowest BCUT2D eigenvalue weighted by Crippen LogP contribution is -2.10. The van der Waals surface area contributed by atoms with Gasteiger partial charge in [0.2, 0.25) is 0 Å². The number of nitrogens with one attached hydrogen (secondary N) is 1. The standard InChI is InChI=1S/C17H19N3OS2/c1-11(2)22-16-8-9-18-15(12(16)3)10-23(21)17-19-13-6-4-5-7-14(13)20-17/h4-9,11H,10H2,1-3H3,(H,19,20). The molecular weight excluding hydrogens is 326 g/mol. The number of benzene rings is 1. The molecule has 0 radical (unpaired) electrons. The van der Waals surface area contributed by atoms with Gasteiger partial charge in [-0.2, -0.15) is 4.98 Å². The van der Waals surface area contributed by atoms with Gasteiger partial charge in [0.15, 0.2) is 5.75 Å². The molecule has 6 heteroatoms. The average molecular weight is 345 g/mol. The molecule has 0 saturated carbocycles. The average Bonchev–Trinajstić information content (AvgIpc) is 2.95. The summed E-state index contributed by atoms with van der Waals surface area (Å²) in [6.07, 6.45) is 1.79. The smallest absolute Gasteiger partial charge is 0.322 e. The Hall–Kier alpha value is -1.50. The van der Waals surface area contributed by atoms with Gasteiger partial charge in [0, 0.05) is 27.5 Å². The Morgan fingerprint density at radius 3 is 2.78 bits per heavy atom. The Bertz CT molecular complexity index is 783. The fourth-order valence-corrected chi connectivity index (χ4v) is 4.36. The molecule has 2 aromatic heterocycles. The number of pyridine rings is 1. The van der Waals surface area contributed by atoms with Gasteiger partial charge in [-0.3, -0.25) is 9.97 Å². The number of fused-ring (bicyclic) bond motifs is 1. The van der Waals surface area contributed by atoms with E-state index in [-0.39, 0.29) is 0 Å². The number of nitrogens with zero attached hydrogens (tertiary/aromatic N) is 2. The molecule has 120 valence electrons. The highest BCUT2D eigenvalue weighted by Gasteiger charge is 2.20. The maximum Gasteiger partial charge on any atom is 0.322 e. The van der Waals surface area contributed by atoms with Crippen molar-refractivity contribution < 1.29 is 4.55 Å². The van der Waals surface area contributed by atoms with Gasteiger partial charge in [-0.25, -0.2) is 0 Å². The fourth-order valence-electron chi connectivity index (χ4n) is 2.32. The van der Waals surface area contributed by atoms with Crippen LogP contribution in [0.5, 0.6) is 0 Å². The molecule has 0 aliphatic carbocycles. The minimum Gasteiger partial charge on any atom is -0.609 e. The van der Waals surface area contributed by atoms with Crippen LogP contribution in [-0.4, -0.2) is 24.8 Å². The Balaban J connectivity index is 1.83. The van der Waals surface area contributed by atoms with E-state index in [4.69, 9.17) is 0 Å². The first-order valence-electron chi connectivity index (χ1n) is 7.49. The molecule has 0 aliphatic heterocycles. The lowest BCUT2D eigenvalue weighted by Gasteiger charge is -2.12. The van der Waals surface area contributed by atoms with Gasteiger partial charge < -0.3 is 4.55 Å². The summed E-state index contributed by atoms with van der Waals surface area (Å²) in [7, 11) is 0. The first-order valence-corrected chi connectivity index (χ1v) is 9.68. The van der Waals surface area contributed by atoms with Gasteiger partial charge in [-0.15, -0.1) is 11.8 Å². The van der Waals surface area contributed by atoms with Crippen LogP contribution < -0.4 is 0 Å². The molecule has 23 heavy (non-hydrogen) atoms. The second-order valence-electron chi connectivity index (χ2n) is 5.60. The first kappa shape index (κ1) is 16.4. The van der Waals surface area contributed by atoms with Crippen LogP contribution in [0.3, 0.4) is 0 Å². The van der Waals surface area contributed by atoms with Gasteiger partial charge in [-0.05, 0) is 30.7 Å². The highest BCUT2D eigenvalue weighted by atomic mass is 32.2. The van der Waals surface area contributed by atoms with Crippen molar-refractivity contribution in [3.63, 3.8) is 0 Å². The summed E-state index contributed by atoms with van der Waals surface area (Å²) in [5.41, 5.74) is 3.72. The quantitative estimate of drug-likeness (QED) is 0.559. The van der Waals surface area contributed by atoms with Crippen molar-refractivity contribution in [1.29, 1.82) is 0 Å². The summed E-state index contributed by atoms with van der Waals surface area (Å²) in [4.78, 5) is 13.2. The monoisotopic (exact) mass is 345 g/mol. The maximum atomic E-state index is 12.6. The third-order valence-electron chi connectivity index (χ3n) is 3.47. The van der Waals surface area contributed by atoms with E-state index >= 15 is 0 Å². The van der Waals surface area contributed by atoms with E-state index in [1.807, 2.05) is 37.3 Å². The summed E-state index contributed by atoms with van der Waals surface area (Å²) in [6, 6.07) is 9.73. The molecule has 4 nitrogen and oxygen atoms in total. The van der Waals surface area contributed by atoms with Crippen molar-refractivity contribution in [3.8, 4) is 0 Å². The number of para-hydroxylation sites is 2. The second kappa shape index (κ2) is 6.95. The number of aromatic amines is 1. The Morgan fingerprint density at radius 1 is 1.26 bits per heavy atom. The van der Waals surface area contributed by atoms with Crippen molar-refractivity contribution >= 4 is 34.0 Å². The van der Waals surface area contributed by atoms with Gasteiger partial charge >= 0.3 is 5.16 Å². The predicted molar refractivity (Wildman–Crippen MR) is 96.2 cm³/mol. The van der Waals surface area contributed by atoms with E-state index in [0.717, 1.165) is 22.3 Å². The summed E-state index contributed by atoms with van der Waals surface area (Å²) >= 11 is 0.567. The van der Waals surface area contributed by atoms with Crippen LogP contribution in [0.15, 0.2) is 46.6 Å². The Kier molecular flexibility index (Phi) is 4.94. The molecule has 0 aliphatic rings. The van der Waals surface area contributed by atoms with Crippen LogP contribution in [-0.2, 0) is 16.9 Å². The highest BCUT2D eigenvalue weighted by molar-refractivity contribution is 8.00. The van der Waals surface area contributed by atoms with Gasteiger partial charge in [0.25, 0.3) is 0 Å². The number of aromatic nitrogens is 3. The van der Waals surface area contributed by atoms with E-state index in [2.05, 4.69) is 28.8 Å². The van der Waals surface area contributed by atoms with E-state index in [1.165, 1.54) is 4.90 Å². The number of H-pyrrole nitrogens is 1. The van der Waals surface area contributed by atoms with E-state index < -0.39 is 11.2 Å². The molecule has 1 aromatic carbocycles. The first-order chi connectivity index (χ1) is 11.0. The number of imidazole rings is 1. The van der Waals surface area contributed by atoms with Crippen molar-refractivity contribution in [1.82, 2.24) is 15.0 Å². The lowest BCUT2D eigenvalue weighted by molar-refractivity contribution is 0.586. The zero-order valence-electron chi connectivity index (χ0n) is 13.4. The molecule has 0 amide bonds. The van der Waals surface area contributed by atoms with E-state index in [0.29, 0.717) is 16.2 Å². The number of hydrogen-bond acceptors (Lipinski definition) is 4. The predicted octanol–water partition coefficient (Wildman–Crippen LogP) is 4.07. The SMILES string of the molecule is Cc1c(SC(C)C)ccnc1C[S+]([O-])c1nc2ccccc2[nH]1. The van der Waals surface area contributed by atoms with Crippen LogP contribution in [0.25, 0.3) is 11.0 Å². The molecule has 0 bridgehead atoms. The molecule has 0 spiro atoms. The van der Waals surface area contributed by atoms with E-state index in [9.17, 15) is 4.55 Å². The Morgan fingerprint density at radius 2 is 2.04 bits per heavy atom. The van der Waals surface area contributed by atoms with Crippen molar-refractivity contribution in [2.75, 3.05) is 0 Å². The molecule has 1 unspecified atom stereocenters. The summed E-state index contributed by atoms with van der Waals surface area (Å²) in [5, 5.41) is 1.01. The van der Waals surface area contributed by atoms with Gasteiger partial charge in [-0.1, -0.05) is 26.0 Å². The number of hydrogen-bond donors (Lipinski definition) is 1. The number of thioether (sulfide) groups is 1. The lowest BCUT2D eigenvalue weighted by atomic mass is 10.2.